The molecule has 1 aromatic carbocycles. The largest absolute Gasteiger partial charge is 0.506 e. The number of aromatic hydroxyl groups is 1. The Morgan fingerprint density at radius 3 is 2.51 bits per heavy atom. The van der Waals surface area contributed by atoms with Gasteiger partial charge in [0.05, 0.1) is 11.1 Å². The van der Waals surface area contributed by atoms with E-state index >= 15 is 0 Å². The molecular weight excluding hydrogens is 442 g/mol. The van der Waals surface area contributed by atoms with Crippen LogP contribution in [0.25, 0.3) is 0 Å². The molecule has 2 aliphatic carbocycles. The van der Waals surface area contributed by atoms with Crippen molar-refractivity contribution in [3.05, 3.63) is 57.1 Å². The van der Waals surface area contributed by atoms with Crippen LogP contribution in [0.1, 0.15) is 99.4 Å². The minimum Gasteiger partial charge on any atom is -0.506 e. The van der Waals surface area contributed by atoms with Gasteiger partial charge >= 0.3 is 5.63 Å². The van der Waals surface area contributed by atoms with Gasteiger partial charge in [-0.05, 0) is 77.0 Å². The Morgan fingerprint density at radius 1 is 1.09 bits per heavy atom. The number of carbonyl (C=O) groups is 1. The standard InChI is InChI=1S/C28H37N3O4/c1-16(2)29-28(30-17(3)4)31-20-10-8-9-19(15-20)23(18-13-14-18)25-26(33)24-21(32)11-6-5-7-12-22(24)35-27(25)34/h8-10,15-18,23,33H,5-7,11-14H2,1-4H3,(H2,29,30,31). The van der Waals surface area contributed by atoms with Crippen LogP contribution in [0.5, 0.6) is 5.75 Å². The number of aryl methyl sites for hydroxylation is 1. The Morgan fingerprint density at radius 2 is 1.83 bits per heavy atom. The van der Waals surface area contributed by atoms with E-state index in [1.807, 2.05) is 38.1 Å². The van der Waals surface area contributed by atoms with Gasteiger partial charge in [-0.2, -0.15) is 0 Å². The van der Waals surface area contributed by atoms with Crippen molar-refractivity contribution >= 4 is 17.4 Å². The molecule has 1 aromatic heterocycles. The molecule has 0 saturated heterocycles. The first kappa shape index (κ1) is 25.0. The van der Waals surface area contributed by atoms with E-state index in [0.717, 1.165) is 43.4 Å². The number of aliphatic imine (C=N–C) groups is 1. The van der Waals surface area contributed by atoms with Crippen LogP contribution in [0.3, 0.4) is 0 Å². The van der Waals surface area contributed by atoms with Crippen LogP contribution in [-0.2, 0) is 6.42 Å². The lowest BCUT2D eigenvalue weighted by molar-refractivity contribution is 0.0968. The third-order valence-electron chi connectivity index (χ3n) is 6.52. The predicted molar refractivity (Wildman–Crippen MR) is 139 cm³/mol. The third-order valence-corrected chi connectivity index (χ3v) is 6.52. The van der Waals surface area contributed by atoms with Crippen molar-refractivity contribution in [2.75, 3.05) is 5.32 Å². The second-order valence-electron chi connectivity index (χ2n) is 10.4. The monoisotopic (exact) mass is 479 g/mol. The van der Waals surface area contributed by atoms with Gasteiger partial charge in [-0.25, -0.2) is 4.79 Å². The van der Waals surface area contributed by atoms with E-state index in [9.17, 15) is 14.7 Å². The summed E-state index contributed by atoms with van der Waals surface area (Å²) in [4.78, 5) is 30.7. The second-order valence-corrected chi connectivity index (χ2v) is 10.4. The first-order valence-corrected chi connectivity index (χ1v) is 12.9. The molecule has 4 rings (SSSR count). The second kappa shape index (κ2) is 10.7. The summed E-state index contributed by atoms with van der Waals surface area (Å²) >= 11 is 0. The molecule has 0 aliphatic heterocycles. The molecule has 188 valence electrons. The molecule has 0 amide bonds. The van der Waals surface area contributed by atoms with E-state index in [2.05, 4.69) is 29.5 Å². The highest BCUT2D eigenvalue weighted by Gasteiger charge is 2.39. The molecule has 1 saturated carbocycles. The molecule has 1 heterocycles. The lowest BCUT2D eigenvalue weighted by atomic mass is 9.85. The molecule has 7 nitrogen and oxygen atoms in total. The van der Waals surface area contributed by atoms with Gasteiger partial charge in [-0.15, -0.1) is 0 Å². The van der Waals surface area contributed by atoms with Crippen LogP contribution >= 0.6 is 0 Å². The quantitative estimate of drug-likeness (QED) is 0.381. The van der Waals surface area contributed by atoms with E-state index in [1.54, 1.807) is 0 Å². The van der Waals surface area contributed by atoms with Gasteiger partial charge in [-0.1, -0.05) is 18.6 Å². The van der Waals surface area contributed by atoms with Crippen LogP contribution in [0.15, 0.2) is 38.5 Å². The minimum absolute atomic E-state index is 0.119. The van der Waals surface area contributed by atoms with Crippen molar-refractivity contribution in [2.24, 2.45) is 10.9 Å². The van der Waals surface area contributed by atoms with Gasteiger partial charge < -0.3 is 20.2 Å². The van der Waals surface area contributed by atoms with Crippen LogP contribution in [0.4, 0.5) is 5.69 Å². The van der Waals surface area contributed by atoms with Crippen LogP contribution < -0.4 is 16.3 Å². The average molecular weight is 480 g/mol. The van der Waals surface area contributed by atoms with Gasteiger partial charge in [0.15, 0.2) is 11.7 Å². The lowest BCUT2D eigenvalue weighted by Gasteiger charge is -2.22. The fourth-order valence-electron chi connectivity index (χ4n) is 4.88. The van der Waals surface area contributed by atoms with E-state index in [-0.39, 0.29) is 46.6 Å². The number of anilines is 1. The summed E-state index contributed by atoms with van der Waals surface area (Å²) in [5.41, 5.74) is 1.65. The Labute approximate surface area is 207 Å². The van der Waals surface area contributed by atoms with E-state index < -0.39 is 5.63 Å². The minimum atomic E-state index is -0.534. The maximum absolute atomic E-state index is 13.2. The van der Waals surface area contributed by atoms with E-state index in [4.69, 9.17) is 4.42 Å². The van der Waals surface area contributed by atoms with Crippen molar-refractivity contribution in [2.45, 2.75) is 90.6 Å². The molecule has 7 heteroatoms. The highest BCUT2D eigenvalue weighted by Crippen LogP contribution is 2.49. The lowest BCUT2D eigenvalue weighted by Crippen LogP contribution is -2.36. The summed E-state index contributed by atoms with van der Waals surface area (Å²) in [6, 6.07) is 8.20. The number of guanidine groups is 1. The number of fused-ring (bicyclic) bond motifs is 1. The Kier molecular flexibility index (Phi) is 7.63. The zero-order valence-corrected chi connectivity index (χ0v) is 21.2. The molecule has 1 unspecified atom stereocenters. The zero-order chi connectivity index (χ0) is 25.1. The molecule has 0 radical (unpaired) electrons. The number of hydrogen-bond acceptors (Lipinski definition) is 5. The van der Waals surface area contributed by atoms with Crippen molar-refractivity contribution < 1.29 is 14.3 Å². The van der Waals surface area contributed by atoms with Crippen molar-refractivity contribution in [1.29, 1.82) is 0 Å². The molecule has 1 atom stereocenters. The highest BCUT2D eigenvalue weighted by molar-refractivity contribution is 6.00. The number of hydrogen-bond donors (Lipinski definition) is 3. The number of ketones is 1. The maximum atomic E-state index is 13.2. The SMILES string of the molecule is CC(C)N=C(Nc1cccc(C(c2c(O)c3c(oc2=O)CCCCCC3=O)C2CC2)c1)NC(C)C. The molecule has 2 aromatic rings. The summed E-state index contributed by atoms with van der Waals surface area (Å²) in [5.74, 6) is 0.589. The maximum Gasteiger partial charge on any atom is 0.343 e. The van der Waals surface area contributed by atoms with Gasteiger partial charge in [0.25, 0.3) is 0 Å². The molecule has 0 bridgehead atoms. The number of Topliss-reactive ketones (excluding diaryl/α,β-unsaturated/α-hetero) is 1. The van der Waals surface area contributed by atoms with Gasteiger partial charge in [0.1, 0.15) is 11.5 Å². The fraction of sp³-hybridized carbons (Fsp3) is 0.536. The van der Waals surface area contributed by atoms with Crippen molar-refractivity contribution in [1.82, 2.24) is 5.32 Å². The summed E-state index contributed by atoms with van der Waals surface area (Å²) in [5, 5.41) is 18.0. The molecule has 1 fully saturated rings. The van der Waals surface area contributed by atoms with Gasteiger partial charge in [-0.3, -0.25) is 9.79 Å². The number of nitrogens with zero attached hydrogens (tertiary/aromatic N) is 1. The summed E-state index contributed by atoms with van der Waals surface area (Å²) in [6.45, 7) is 8.15. The van der Waals surface area contributed by atoms with Crippen LogP contribution in [-0.4, -0.2) is 28.9 Å². The molecule has 3 N–H and O–H groups in total. The highest BCUT2D eigenvalue weighted by atomic mass is 16.4. The van der Waals surface area contributed by atoms with E-state index in [1.165, 1.54) is 0 Å². The summed E-state index contributed by atoms with van der Waals surface area (Å²) in [7, 11) is 0. The Balaban J connectivity index is 1.74. The van der Waals surface area contributed by atoms with Crippen molar-refractivity contribution in [3.63, 3.8) is 0 Å². The van der Waals surface area contributed by atoms with E-state index in [0.29, 0.717) is 24.6 Å². The molecular formula is C28H37N3O4. The number of rotatable bonds is 6. The Hall–Kier alpha value is -3.09. The normalized spacial score (nSPS) is 17.7. The fourth-order valence-corrected chi connectivity index (χ4v) is 4.88. The molecule has 0 spiro atoms. The van der Waals surface area contributed by atoms with Crippen LogP contribution in [0.2, 0.25) is 0 Å². The number of carbonyl (C=O) groups excluding carboxylic acids is 1. The molecule has 35 heavy (non-hydrogen) atoms. The number of nitrogens with one attached hydrogen (secondary N) is 2. The third kappa shape index (κ3) is 5.95. The van der Waals surface area contributed by atoms with Gasteiger partial charge in [0, 0.05) is 36.5 Å². The average Bonchev–Trinajstić information content (AvgIpc) is 3.59. The van der Waals surface area contributed by atoms with Crippen molar-refractivity contribution in [3.8, 4) is 5.75 Å². The molecule has 2 aliphatic rings. The summed E-state index contributed by atoms with van der Waals surface area (Å²) < 4.78 is 5.70. The van der Waals surface area contributed by atoms with Gasteiger partial charge in [0.2, 0.25) is 0 Å². The summed E-state index contributed by atoms with van der Waals surface area (Å²) in [6.07, 6.45) is 5.32. The Bertz CT molecular complexity index is 1160. The first-order valence-electron chi connectivity index (χ1n) is 12.9. The zero-order valence-electron chi connectivity index (χ0n) is 21.2. The van der Waals surface area contributed by atoms with Crippen LogP contribution in [0, 0.1) is 5.92 Å². The first-order chi connectivity index (χ1) is 16.7. The smallest absolute Gasteiger partial charge is 0.343 e. The predicted octanol–water partition coefficient (Wildman–Crippen LogP) is 5.36. The number of benzene rings is 1. The topological polar surface area (TPSA) is 104 Å².